The van der Waals surface area contributed by atoms with Gasteiger partial charge in [-0.05, 0) is 18.7 Å². The predicted molar refractivity (Wildman–Crippen MR) is 64.7 cm³/mol. The Kier molecular flexibility index (Phi) is 3.61. The summed E-state index contributed by atoms with van der Waals surface area (Å²) in [4.78, 5) is 13.4. The van der Waals surface area contributed by atoms with Crippen molar-refractivity contribution < 1.29 is 13.6 Å². The summed E-state index contributed by atoms with van der Waals surface area (Å²) in [7, 11) is 1.78. The normalized spacial score (nSPS) is 18.1. The minimum Gasteiger partial charge on any atom is -0.332 e. The van der Waals surface area contributed by atoms with Crippen LogP contribution >= 0.6 is 0 Å². The van der Waals surface area contributed by atoms with Crippen LogP contribution in [0.5, 0.6) is 0 Å². The highest BCUT2D eigenvalue weighted by Gasteiger charge is 2.40. The second kappa shape index (κ2) is 5.02. The first-order valence-corrected chi connectivity index (χ1v) is 5.93. The van der Waals surface area contributed by atoms with E-state index in [-0.39, 0.29) is 18.9 Å². The van der Waals surface area contributed by atoms with Crippen LogP contribution in [0.25, 0.3) is 0 Å². The number of hydrogen-bond acceptors (Lipinski definition) is 2. The molecule has 1 aromatic rings. The van der Waals surface area contributed by atoms with Crippen molar-refractivity contribution in [3.8, 4) is 0 Å². The number of nitrogens with one attached hydrogen (secondary N) is 1. The van der Waals surface area contributed by atoms with Crippen LogP contribution in [0.1, 0.15) is 22.3 Å². The fourth-order valence-corrected chi connectivity index (χ4v) is 2.15. The third kappa shape index (κ3) is 2.67. The summed E-state index contributed by atoms with van der Waals surface area (Å²) < 4.78 is 26.2. The van der Waals surface area contributed by atoms with Crippen LogP contribution in [-0.4, -0.2) is 36.9 Å². The lowest BCUT2D eigenvalue weighted by Crippen LogP contribution is -2.32. The largest absolute Gasteiger partial charge is 0.332 e. The fourth-order valence-electron chi connectivity index (χ4n) is 2.15. The van der Waals surface area contributed by atoms with E-state index in [1.807, 2.05) is 12.1 Å². The SMILES string of the molecule is CNCc1ccccc1C(=O)N1CCC(F)(F)C1. The number of rotatable bonds is 3. The highest BCUT2D eigenvalue weighted by atomic mass is 19.3. The Morgan fingerprint density at radius 2 is 2.17 bits per heavy atom. The maximum atomic E-state index is 13.1. The Labute approximate surface area is 105 Å². The molecular weight excluding hydrogens is 238 g/mol. The van der Waals surface area contributed by atoms with Crippen molar-refractivity contribution in [1.82, 2.24) is 10.2 Å². The van der Waals surface area contributed by atoms with Crippen LogP contribution in [0.3, 0.4) is 0 Å². The summed E-state index contributed by atoms with van der Waals surface area (Å²) >= 11 is 0. The molecule has 1 saturated heterocycles. The number of carbonyl (C=O) groups is 1. The van der Waals surface area contributed by atoms with Crippen LogP contribution in [0, 0.1) is 0 Å². The van der Waals surface area contributed by atoms with Gasteiger partial charge in [-0.15, -0.1) is 0 Å². The molecule has 1 amide bonds. The van der Waals surface area contributed by atoms with E-state index in [9.17, 15) is 13.6 Å². The Morgan fingerprint density at radius 1 is 1.44 bits per heavy atom. The lowest BCUT2D eigenvalue weighted by molar-refractivity contribution is 0.0120. The van der Waals surface area contributed by atoms with Gasteiger partial charge in [-0.25, -0.2) is 8.78 Å². The smallest absolute Gasteiger partial charge is 0.267 e. The minimum absolute atomic E-state index is 0.125. The molecular formula is C13H16F2N2O. The third-order valence-corrected chi connectivity index (χ3v) is 3.07. The molecule has 1 fully saturated rings. The first-order valence-electron chi connectivity index (χ1n) is 5.93. The van der Waals surface area contributed by atoms with E-state index in [4.69, 9.17) is 0 Å². The number of alkyl halides is 2. The first kappa shape index (κ1) is 13.0. The van der Waals surface area contributed by atoms with E-state index < -0.39 is 12.5 Å². The quantitative estimate of drug-likeness (QED) is 0.893. The molecule has 2 rings (SSSR count). The van der Waals surface area contributed by atoms with E-state index in [1.54, 1.807) is 19.2 Å². The van der Waals surface area contributed by atoms with Gasteiger partial charge < -0.3 is 10.2 Å². The van der Waals surface area contributed by atoms with E-state index in [0.29, 0.717) is 12.1 Å². The molecule has 1 N–H and O–H groups in total. The molecule has 1 aromatic carbocycles. The second-order valence-electron chi connectivity index (χ2n) is 4.52. The van der Waals surface area contributed by atoms with Crippen LogP contribution < -0.4 is 5.32 Å². The topological polar surface area (TPSA) is 32.3 Å². The van der Waals surface area contributed by atoms with E-state index in [2.05, 4.69) is 5.32 Å². The van der Waals surface area contributed by atoms with Gasteiger partial charge in [0, 0.05) is 25.1 Å². The zero-order chi connectivity index (χ0) is 13.2. The maximum absolute atomic E-state index is 13.1. The predicted octanol–water partition coefficient (Wildman–Crippen LogP) is 1.89. The molecule has 1 aliphatic heterocycles. The van der Waals surface area contributed by atoms with E-state index >= 15 is 0 Å². The molecule has 0 aromatic heterocycles. The van der Waals surface area contributed by atoms with E-state index in [0.717, 1.165) is 5.56 Å². The van der Waals surface area contributed by atoms with Gasteiger partial charge in [0.2, 0.25) is 0 Å². The fraction of sp³-hybridized carbons (Fsp3) is 0.462. The molecule has 0 bridgehead atoms. The van der Waals surface area contributed by atoms with Gasteiger partial charge >= 0.3 is 0 Å². The minimum atomic E-state index is -2.74. The molecule has 0 spiro atoms. The summed E-state index contributed by atoms with van der Waals surface area (Å²) in [6, 6.07) is 7.10. The van der Waals surface area contributed by atoms with E-state index in [1.165, 1.54) is 4.90 Å². The van der Waals surface area contributed by atoms with Gasteiger partial charge in [0.15, 0.2) is 0 Å². The number of amides is 1. The third-order valence-electron chi connectivity index (χ3n) is 3.07. The molecule has 98 valence electrons. The zero-order valence-corrected chi connectivity index (χ0v) is 10.2. The van der Waals surface area contributed by atoms with Crippen LogP contribution in [0.2, 0.25) is 0 Å². The molecule has 0 atom stereocenters. The Hall–Kier alpha value is -1.49. The summed E-state index contributed by atoms with van der Waals surface area (Å²) in [6.07, 6.45) is -0.243. The summed E-state index contributed by atoms with van der Waals surface area (Å²) in [5.74, 6) is -3.05. The van der Waals surface area contributed by atoms with Crippen molar-refractivity contribution >= 4 is 5.91 Å². The van der Waals surface area contributed by atoms with Crippen molar-refractivity contribution in [1.29, 1.82) is 0 Å². The highest BCUT2D eigenvalue weighted by molar-refractivity contribution is 5.95. The van der Waals surface area contributed by atoms with Crippen molar-refractivity contribution in [3.05, 3.63) is 35.4 Å². The molecule has 5 heteroatoms. The Balaban J connectivity index is 2.19. The molecule has 0 aliphatic carbocycles. The number of likely N-dealkylation sites (tertiary alicyclic amines) is 1. The van der Waals surface area contributed by atoms with Gasteiger partial charge in [0.1, 0.15) is 0 Å². The second-order valence-corrected chi connectivity index (χ2v) is 4.52. The van der Waals surface area contributed by atoms with Gasteiger partial charge in [-0.1, -0.05) is 18.2 Å². The number of hydrogen-bond donors (Lipinski definition) is 1. The van der Waals surface area contributed by atoms with Gasteiger partial charge in [-0.2, -0.15) is 0 Å². The molecule has 0 saturated carbocycles. The summed E-state index contributed by atoms with van der Waals surface area (Å²) in [5, 5.41) is 2.97. The number of carbonyl (C=O) groups excluding carboxylic acids is 1. The van der Waals surface area contributed by atoms with Crippen LogP contribution in [-0.2, 0) is 6.54 Å². The van der Waals surface area contributed by atoms with Crippen LogP contribution in [0.15, 0.2) is 24.3 Å². The average Bonchev–Trinajstić information content (AvgIpc) is 2.70. The lowest BCUT2D eigenvalue weighted by atomic mass is 10.1. The number of nitrogens with zero attached hydrogens (tertiary/aromatic N) is 1. The van der Waals surface area contributed by atoms with Crippen molar-refractivity contribution in [2.24, 2.45) is 0 Å². The monoisotopic (exact) mass is 254 g/mol. The number of benzene rings is 1. The summed E-state index contributed by atoms with van der Waals surface area (Å²) in [6.45, 7) is 0.200. The standard InChI is InChI=1S/C13H16F2N2O/c1-16-8-10-4-2-3-5-11(10)12(18)17-7-6-13(14,15)9-17/h2-5,16H,6-9H2,1H3. The van der Waals surface area contributed by atoms with Gasteiger partial charge in [0.25, 0.3) is 11.8 Å². The molecule has 3 nitrogen and oxygen atoms in total. The maximum Gasteiger partial charge on any atom is 0.267 e. The Bertz CT molecular complexity index is 448. The van der Waals surface area contributed by atoms with Crippen molar-refractivity contribution in [2.75, 3.05) is 20.1 Å². The molecule has 0 radical (unpaired) electrons. The van der Waals surface area contributed by atoms with Gasteiger partial charge in [-0.3, -0.25) is 4.79 Å². The molecule has 18 heavy (non-hydrogen) atoms. The van der Waals surface area contributed by atoms with Crippen LogP contribution in [0.4, 0.5) is 8.78 Å². The number of halogens is 2. The molecule has 1 heterocycles. The van der Waals surface area contributed by atoms with Crippen molar-refractivity contribution in [2.45, 2.75) is 18.9 Å². The van der Waals surface area contributed by atoms with Crippen molar-refractivity contribution in [3.63, 3.8) is 0 Å². The molecule has 1 aliphatic rings. The van der Waals surface area contributed by atoms with Gasteiger partial charge in [0.05, 0.1) is 6.54 Å². The molecule has 0 unspecified atom stereocenters. The highest BCUT2D eigenvalue weighted by Crippen LogP contribution is 2.28. The Morgan fingerprint density at radius 3 is 2.78 bits per heavy atom. The zero-order valence-electron chi connectivity index (χ0n) is 10.2. The first-order chi connectivity index (χ1) is 8.53. The summed E-state index contributed by atoms with van der Waals surface area (Å²) in [5.41, 5.74) is 1.34. The lowest BCUT2D eigenvalue weighted by Gasteiger charge is -2.18. The average molecular weight is 254 g/mol.